The molecule has 0 nitrogen and oxygen atoms in total. The highest BCUT2D eigenvalue weighted by atomic mass is 14.3. The van der Waals surface area contributed by atoms with E-state index in [-0.39, 0.29) is 0 Å². The molecule has 0 spiro atoms. The zero-order chi connectivity index (χ0) is 20.3. The standard InChI is InChI=1S/C32H14/c1-3-7-20-18(5-1)22-11-15-9-10-16-12-23-19-6-2-4-8-21(19)25-14-17-13-24(20)29(22)31-26(15)27(16)32(28(17)31)30(23)25/h1-14H. The summed E-state index contributed by atoms with van der Waals surface area (Å²) in [6.07, 6.45) is 0. The van der Waals surface area contributed by atoms with Gasteiger partial charge < -0.3 is 0 Å². The summed E-state index contributed by atoms with van der Waals surface area (Å²) in [6.45, 7) is 0. The molecule has 0 radical (unpaired) electrons. The van der Waals surface area contributed by atoms with Crippen molar-refractivity contribution < 1.29 is 0 Å². The first-order chi connectivity index (χ1) is 15.9. The lowest BCUT2D eigenvalue weighted by atomic mass is 9.95. The Morgan fingerprint density at radius 3 is 1.00 bits per heavy atom. The van der Waals surface area contributed by atoms with Gasteiger partial charge in [0, 0.05) is 0 Å². The summed E-state index contributed by atoms with van der Waals surface area (Å²) in [4.78, 5) is 0. The van der Waals surface area contributed by atoms with E-state index in [0.717, 1.165) is 0 Å². The van der Waals surface area contributed by atoms with Crippen LogP contribution >= 0.6 is 0 Å². The minimum atomic E-state index is 1.37. The van der Waals surface area contributed by atoms with Gasteiger partial charge in [0.15, 0.2) is 0 Å². The highest BCUT2D eigenvalue weighted by molar-refractivity contribution is 6.54. The Morgan fingerprint density at radius 2 is 0.594 bits per heavy atom. The first kappa shape index (κ1) is 14.8. The topological polar surface area (TPSA) is 0 Å². The summed E-state index contributed by atoms with van der Waals surface area (Å²) in [7, 11) is 0. The quantitative estimate of drug-likeness (QED) is 0.223. The van der Waals surface area contributed by atoms with Crippen molar-refractivity contribution in [2.45, 2.75) is 0 Å². The summed E-state index contributed by atoms with van der Waals surface area (Å²) in [5.74, 6) is 0. The first-order valence-corrected chi connectivity index (χ1v) is 11.4. The minimum absolute atomic E-state index is 1.37. The maximum atomic E-state index is 2.47. The van der Waals surface area contributed by atoms with Crippen LogP contribution in [-0.2, 0) is 0 Å². The molecular weight excluding hydrogens is 384 g/mol. The van der Waals surface area contributed by atoms with Crippen molar-refractivity contribution in [2.24, 2.45) is 0 Å². The van der Waals surface area contributed by atoms with Gasteiger partial charge in [0.2, 0.25) is 0 Å². The zero-order valence-electron chi connectivity index (χ0n) is 17.1. The first-order valence-electron chi connectivity index (χ1n) is 11.4. The average Bonchev–Trinajstić information content (AvgIpc) is 3.46. The van der Waals surface area contributed by atoms with Crippen LogP contribution in [0.2, 0.25) is 0 Å². The monoisotopic (exact) mass is 398 g/mol. The lowest BCUT2D eigenvalue weighted by molar-refractivity contribution is 1.86. The van der Waals surface area contributed by atoms with E-state index in [4.69, 9.17) is 0 Å². The molecule has 0 heterocycles. The van der Waals surface area contributed by atoms with Gasteiger partial charge in [0.05, 0.1) is 0 Å². The molecule has 0 aliphatic carbocycles. The molecule has 10 aromatic rings. The van der Waals surface area contributed by atoms with Crippen LogP contribution in [0.5, 0.6) is 0 Å². The van der Waals surface area contributed by atoms with Crippen LogP contribution < -0.4 is 0 Å². The Kier molecular flexibility index (Phi) is 2.03. The van der Waals surface area contributed by atoms with Gasteiger partial charge in [-0.1, -0.05) is 60.7 Å². The molecule has 0 saturated carbocycles. The smallest absolute Gasteiger partial charge is 0.000136 e. The van der Waals surface area contributed by atoms with E-state index < -0.39 is 0 Å². The third kappa shape index (κ3) is 1.30. The van der Waals surface area contributed by atoms with E-state index in [2.05, 4.69) is 84.9 Å². The molecule has 0 unspecified atom stereocenters. The minimum Gasteiger partial charge on any atom is -0.0616 e. The van der Waals surface area contributed by atoms with Crippen LogP contribution in [0, 0.1) is 0 Å². The molecule has 32 heavy (non-hydrogen) atoms. The van der Waals surface area contributed by atoms with E-state index >= 15 is 0 Å². The zero-order valence-corrected chi connectivity index (χ0v) is 17.1. The predicted molar refractivity (Wildman–Crippen MR) is 140 cm³/mol. The van der Waals surface area contributed by atoms with E-state index in [1.807, 2.05) is 0 Å². The number of fused-ring (bicyclic) bond motifs is 6. The fourth-order valence-electron chi connectivity index (χ4n) is 7.26. The van der Waals surface area contributed by atoms with Crippen molar-refractivity contribution in [1.82, 2.24) is 0 Å². The number of benzene rings is 7. The van der Waals surface area contributed by atoms with Gasteiger partial charge in [-0.25, -0.2) is 0 Å². The normalized spacial score (nSPS) is 13.6. The highest BCUT2D eigenvalue weighted by Gasteiger charge is 2.27. The van der Waals surface area contributed by atoms with Crippen molar-refractivity contribution in [3.63, 3.8) is 0 Å². The lowest BCUT2D eigenvalue weighted by Crippen LogP contribution is -1.78. The van der Waals surface area contributed by atoms with Crippen molar-refractivity contribution in [3.8, 4) is 0 Å². The fraction of sp³-hybridized carbons (Fsp3) is 0. The molecule has 0 bridgehead atoms. The van der Waals surface area contributed by atoms with Gasteiger partial charge in [0.1, 0.15) is 0 Å². The second-order valence-electron chi connectivity index (χ2n) is 9.65. The molecule has 0 saturated heterocycles. The second kappa shape index (κ2) is 4.40. The van der Waals surface area contributed by atoms with Crippen LogP contribution in [0.25, 0.3) is 97.0 Å². The largest absolute Gasteiger partial charge is 0.0616 e. The molecule has 0 N–H and O–H groups in total. The average molecular weight is 398 g/mol. The van der Waals surface area contributed by atoms with Crippen LogP contribution in [0.3, 0.4) is 0 Å². The summed E-state index contributed by atoms with van der Waals surface area (Å²) in [5, 5.41) is 25.6. The molecule has 0 aliphatic heterocycles. The van der Waals surface area contributed by atoms with E-state index in [1.165, 1.54) is 97.0 Å². The molecule has 0 atom stereocenters. The lowest BCUT2D eigenvalue weighted by Gasteiger charge is -2.07. The van der Waals surface area contributed by atoms with Crippen molar-refractivity contribution >= 4 is 97.0 Å². The summed E-state index contributed by atoms with van der Waals surface area (Å²) in [6, 6.07) is 32.4. The van der Waals surface area contributed by atoms with Gasteiger partial charge in [-0.05, 0) is 121 Å². The maximum absolute atomic E-state index is 2.47. The SMILES string of the molecule is c1ccc2c(c1)c1cc3ccc4cc5c6ccccc6c6cc7cc2c1c1c3c4c(c56)c71. The Morgan fingerprint density at radius 1 is 0.250 bits per heavy atom. The third-order valence-corrected chi connectivity index (χ3v) is 8.35. The molecule has 10 rings (SSSR count). The van der Waals surface area contributed by atoms with Crippen LogP contribution in [-0.4, -0.2) is 0 Å². The molecule has 10 aromatic carbocycles. The van der Waals surface area contributed by atoms with Gasteiger partial charge in [-0.15, -0.1) is 0 Å². The fourth-order valence-corrected chi connectivity index (χ4v) is 7.26. The summed E-state index contributed by atoms with van der Waals surface area (Å²) >= 11 is 0. The Balaban J connectivity index is 1.72. The van der Waals surface area contributed by atoms with E-state index in [9.17, 15) is 0 Å². The van der Waals surface area contributed by atoms with Crippen molar-refractivity contribution in [3.05, 3.63) is 84.9 Å². The summed E-state index contributed by atoms with van der Waals surface area (Å²) in [5.41, 5.74) is 0. The number of hydrogen-bond acceptors (Lipinski definition) is 0. The third-order valence-electron chi connectivity index (χ3n) is 8.35. The predicted octanol–water partition coefficient (Wildman–Crippen LogP) is 9.25. The van der Waals surface area contributed by atoms with Gasteiger partial charge in [-0.2, -0.15) is 0 Å². The number of hydrogen-bond donors (Lipinski definition) is 0. The number of rotatable bonds is 0. The maximum Gasteiger partial charge on any atom is -0.000136 e. The van der Waals surface area contributed by atoms with Gasteiger partial charge >= 0.3 is 0 Å². The summed E-state index contributed by atoms with van der Waals surface area (Å²) < 4.78 is 0. The van der Waals surface area contributed by atoms with Crippen molar-refractivity contribution in [2.75, 3.05) is 0 Å². The molecule has 0 heteroatoms. The van der Waals surface area contributed by atoms with E-state index in [0.29, 0.717) is 0 Å². The second-order valence-corrected chi connectivity index (χ2v) is 9.65. The Bertz CT molecular complexity index is 2170. The molecule has 0 aliphatic rings. The molecule has 0 fully saturated rings. The van der Waals surface area contributed by atoms with Gasteiger partial charge in [0.25, 0.3) is 0 Å². The van der Waals surface area contributed by atoms with E-state index in [1.54, 1.807) is 0 Å². The Labute approximate surface area is 181 Å². The molecule has 0 amide bonds. The molecule has 142 valence electrons. The van der Waals surface area contributed by atoms with Crippen LogP contribution in [0.15, 0.2) is 84.9 Å². The molecule has 0 aromatic heterocycles. The molecular formula is C32H14. The van der Waals surface area contributed by atoms with Crippen molar-refractivity contribution in [1.29, 1.82) is 0 Å². The van der Waals surface area contributed by atoms with Crippen LogP contribution in [0.1, 0.15) is 0 Å². The Hall–Kier alpha value is -4.16. The van der Waals surface area contributed by atoms with Gasteiger partial charge in [-0.3, -0.25) is 0 Å². The van der Waals surface area contributed by atoms with Crippen LogP contribution in [0.4, 0.5) is 0 Å². The highest BCUT2D eigenvalue weighted by Crippen LogP contribution is 2.56.